The fourth-order valence-electron chi connectivity index (χ4n) is 2.34. The Kier molecular flexibility index (Phi) is 3.96. The Morgan fingerprint density at radius 2 is 2.19 bits per heavy atom. The molecule has 1 aliphatic rings. The van der Waals surface area contributed by atoms with Gasteiger partial charge in [-0.05, 0) is 38.2 Å². The van der Waals surface area contributed by atoms with Crippen LogP contribution in [0.25, 0.3) is 0 Å². The minimum Gasteiger partial charge on any atom is -0.375 e. The SMILES string of the molecule is CCOCc1c2c(nn1CCN)CCCC2. The van der Waals surface area contributed by atoms with Crippen molar-refractivity contribution in [2.24, 2.45) is 5.73 Å². The average molecular weight is 223 g/mol. The summed E-state index contributed by atoms with van der Waals surface area (Å²) in [5.41, 5.74) is 9.56. The molecular weight excluding hydrogens is 202 g/mol. The molecule has 90 valence electrons. The van der Waals surface area contributed by atoms with E-state index in [4.69, 9.17) is 10.5 Å². The summed E-state index contributed by atoms with van der Waals surface area (Å²) in [5.74, 6) is 0. The summed E-state index contributed by atoms with van der Waals surface area (Å²) in [6.45, 7) is 4.90. The number of ether oxygens (including phenoxy) is 1. The van der Waals surface area contributed by atoms with Gasteiger partial charge in [0.25, 0.3) is 0 Å². The van der Waals surface area contributed by atoms with E-state index in [2.05, 4.69) is 5.10 Å². The minimum absolute atomic E-state index is 0.639. The molecule has 0 amide bonds. The molecule has 0 atom stereocenters. The Bertz CT molecular complexity index is 346. The van der Waals surface area contributed by atoms with Crippen LogP contribution in [-0.2, 0) is 30.7 Å². The normalized spacial score (nSPS) is 15.1. The molecule has 0 aliphatic heterocycles. The Morgan fingerprint density at radius 1 is 1.38 bits per heavy atom. The molecule has 0 bridgehead atoms. The van der Waals surface area contributed by atoms with Gasteiger partial charge in [0.1, 0.15) is 0 Å². The lowest BCUT2D eigenvalue weighted by molar-refractivity contribution is 0.127. The Labute approximate surface area is 96.8 Å². The molecular formula is C12H21N3O. The van der Waals surface area contributed by atoms with E-state index in [1.165, 1.54) is 29.8 Å². The van der Waals surface area contributed by atoms with E-state index in [1.807, 2.05) is 11.6 Å². The largest absolute Gasteiger partial charge is 0.375 e. The van der Waals surface area contributed by atoms with Gasteiger partial charge < -0.3 is 10.5 Å². The van der Waals surface area contributed by atoms with Gasteiger partial charge >= 0.3 is 0 Å². The Balaban J connectivity index is 2.24. The summed E-state index contributed by atoms with van der Waals surface area (Å²) in [5, 5.41) is 4.65. The van der Waals surface area contributed by atoms with Gasteiger partial charge in [0.05, 0.1) is 24.5 Å². The number of hydrogen-bond donors (Lipinski definition) is 1. The van der Waals surface area contributed by atoms with Crippen molar-refractivity contribution in [3.63, 3.8) is 0 Å². The van der Waals surface area contributed by atoms with Crippen molar-refractivity contribution in [2.75, 3.05) is 13.2 Å². The second-order valence-electron chi connectivity index (χ2n) is 4.23. The van der Waals surface area contributed by atoms with Crippen LogP contribution < -0.4 is 5.73 Å². The monoisotopic (exact) mass is 223 g/mol. The maximum absolute atomic E-state index is 5.61. The maximum atomic E-state index is 5.61. The first kappa shape index (κ1) is 11.6. The average Bonchev–Trinajstić information content (AvgIpc) is 2.65. The Morgan fingerprint density at radius 3 is 2.94 bits per heavy atom. The third kappa shape index (κ3) is 2.28. The van der Waals surface area contributed by atoms with Crippen molar-refractivity contribution in [2.45, 2.75) is 45.8 Å². The highest BCUT2D eigenvalue weighted by atomic mass is 16.5. The zero-order valence-corrected chi connectivity index (χ0v) is 10.0. The van der Waals surface area contributed by atoms with Crippen LogP contribution in [0.5, 0.6) is 0 Å². The zero-order chi connectivity index (χ0) is 11.4. The molecule has 0 radical (unpaired) electrons. The molecule has 2 rings (SSSR count). The highest BCUT2D eigenvalue weighted by molar-refractivity contribution is 5.28. The molecule has 1 aromatic heterocycles. The fraction of sp³-hybridized carbons (Fsp3) is 0.750. The summed E-state index contributed by atoms with van der Waals surface area (Å²) >= 11 is 0. The van der Waals surface area contributed by atoms with Crippen molar-refractivity contribution in [3.8, 4) is 0 Å². The molecule has 2 N–H and O–H groups in total. The van der Waals surface area contributed by atoms with Gasteiger partial charge in [-0.1, -0.05) is 0 Å². The third-order valence-electron chi connectivity index (χ3n) is 3.12. The minimum atomic E-state index is 0.639. The first-order valence-corrected chi connectivity index (χ1v) is 6.22. The second-order valence-corrected chi connectivity index (χ2v) is 4.23. The standard InChI is InChI=1S/C12H21N3O/c1-2-16-9-12-10-5-3-4-6-11(10)14-15(12)8-7-13/h2-9,13H2,1H3. The van der Waals surface area contributed by atoms with Crippen molar-refractivity contribution in [1.29, 1.82) is 0 Å². The molecule has 0 saturated carbocycles. The number of fused-ring (bicyclic) bond motifs is 1. The zero-order valence-electron chi connectivity index (χ0n) is 10.0. The van der Waals surface area contributed by atoms with E-state index in [1.54, 1.807) is 0 Å². The summed E-state index contributed by atoms with van der Waals surface area (Å²) in [4.78, 5) is 0. The predicted octanol–water partition coefficient (Wildman–Crippen LogP) is 1.26. The van der Waals surface area contributed by atoms with Crippen LogP contribution in [0.2, 0.25) is 0 Å². The molecule has 0 unspecified atom stereocenters. The number of nitrogens with two attached hydrogens (primary N) is 1. The third-order valence-corrected chi connectivity index (χ3v) is 3.12. The molecule has 16 heavy (non-hydrogen) atoms. The van der Waals surface area contributed by atoms with Crippen molar-refractivity contribution < 1.29 is 4.74 Å². The van der Waals surface area contributed by atoms with Gasteiger partial charge in [0, 0.05) is 13.2 Å². The van der Waals surface area contributed by atoms with E-state index in [-0.39, 0.29) is 0 Å². The van der Waals surface area contributed by atoms with Gasteiger partial charge in [-0.15, -0.1) is 0 Å². The summed E-state index contributed by atoms with van der Waals surface area (Å²) in [6.07, 6.45) is 4.81. The molecule has 0 saturated heterocycles. The fourth-order valence-corrected chi connectivity index (χ4v) is 2.34. The van der Waals surface area contributed by atoms with Crippen LogP contribution in [0.4, 0.5) is 0 Å². The number of hydrogen-bond acceptors (Lipinski definition) is 3. The number of aromatic nitrogens is 2. The van der Waals surface area contributed by atoms with Gasteiger partial charge in [-0.2, -0.15) is 5.10 Å². The van der Waals surface area contributed by atoms with E-state index < -0.39 is 0 Å². The van der Waals surface area contributed by atoms with E-state index in [9.17, 15) is 0 Å². The lowest BCUT2D eigenvalue weighted by Gasteiger charge is -2.11. The molecule has 4 nitrogen and oxygen atoms in total. The maximum Gasteiger partial charge on any atom is 0.0887 e. The lowest BCUT2D eigenvalue weighted by Crippen LogP contribution is -2.14. The van der Waals surface area contributed by atoms with E-state index in [0.29, 0.717) is 13.2 Å². The van der Waals surface area contributed by atoms with Crippen LogP contribution in [-0.4, -0.2) is 22.9 Å². The van der Waals surface area contributed by atoms with Crippen molar-refractivity contribution in [3.05, 3.63) is 17.0 Å². The second kappa shape index (κ2) is 5.46. The summed E-state index contributed by atoms with van der Waals surface area (Å²) in [7, 11) is 0. The first-order valence-electron chi connectivity index (χ1n) is 6.22. The molecule has 1 heterocycles. The summed E-state index contributed by atoms with van der Waals surface area (Å²) < 4.78 is 7.58. The smallest absolute Gasteiger partial charge is 0.0887 e. The number of aryl methyl sites for hydroxylation is 1. The van der Waals surface area contributed by atoms with Crippen LogP contribution in [0.3, 0.4) is 0 Å². The van der Waals surface area contributed by atoms with Gasteiger partial charge in [0.15, 0.2) is 0 Å². The Hall–Kier alpha value is -0.870. The highest BCUT2D eigenvalue weighted by Crippen LogP contribution is 2.24. The van der Waals surface area contributed by atoms with Gasteiger partial charge in [-0.3, -0.25) is 4.68 Å². The number of nitrogens with zero attached hydrogens (tertiary/aromatic N) is 2. The highest BCUT2D eigenvalue weighted by Gasteiger charge is 2.19. The first-order chi connectivity index (χ1) is 7.86. The lowest BCUT2D eigenvalue weighted by atomic mass is 9.96. The van der Waals surface area contributed by atoms with Crippen LogP contribution in [0, 0.1) is 0 Å². The number of rotatable bonds is 5. The van der Waals surface area contributed by atoms with Crippen LogP contribution in [0.15, 0.2) is 0 Å². The molecule has 4 heteroatoms. The summed E-state index contributed by atoms with van der Waals surface area (Å²) in [6, 6.07) is 0. The van der Waals surface area contributed by atoms with Crippen molar-refractivity contribution >= 4 is 0 Å². The predicted molar refractivity (Wildman–Crippen MR) is 63.3 cm³/mol. The van der Waals surface area contributed by atoms with Crippen molar-refractivity contribution in [1.82, 2.24) is 9.78 Å². The topological polar surface area (TPSA) is 53.1 Å². The van der Waals surface area contributed by atoms with E-state index in [0.717, 1.165) is 26.0 Å². The molecule has 0 spiro atoms. The van der Waals surface area contributed by atoms with Crippen LogP contribution in [0.1, 0.15) is 36.7 Å². The molecule has 1 aromatic rings. The van der Waals surface area contributed by atoms with Crippen LogP contribution >= 0.6 is 0 Å². The molecule has 1 aliphatic carbocycles. The van der Waals surface area contributed by atoms with E-state index >= 15 is 0 Å². The van der Waals surface area contributed by atoms with Gasteiger partial charge in [0.2, 0.25) is 0 Å². The molecule has 0 fully saturated rings. The van der Waals surface area contributed by atoms with Gasteiger partial charge in [-0.25, -0.2) is 0 Å². The quantitative estimate of drug-likeness (QED) is 0.817. The molecule has 0 aromatic carbocycles.